The van der Waals surface area contributed by atoms with E-state index in [4.69, 9.17) is 19.6 Å². The maximum atomic E-state index is 14.4. The number of amides is 1. The van der Waals surface area contributed by atoms with Gasteiger partial charge >= 0.3 is 0 Å². The molecule has 0 spiro atoms. The number of hydrogen-bond donors (Lipinski definition) is 2. The first-order chi connectivity index (χ1) is 21.4. The number of halogens is 2. The summed E-state index contributed by atoms with van der Waals surface area (Å²) in [6, 6.07) is 27.6. The van der Waals surface area contributed by atoms with Crippen LogP contribution in [0.25, 0.3) is 10.4 Å². The topological polar surface area (TPSA) is 129 Å². The predicted octanol–water partition coefficient (Wildman–Crippen LogP) is 7.11. The average molecular weight is 659 g/mol. The van der Waals surface area contributed by atoms with E-state index in [1.54, 1.807) is 60.7 Å². The molecule has 5 rings (SSSR count). The summed E-state index contributed by atoms with van der Waals surface area (Å²) in [5, 5.41) is 15.8. The van der Waals surface area contributed by atoms with Gasteiger partial charge in [-0.15, -0.1) is 0 Å². The molecule has 0 radical (unpaired) electrons. The Bertz CT molecular complexity index is 1690. The highest BCUT2D eigenvalue weighted by Crippen LogP contribution is 2.44. The molecule has 224 valence electrons. The Hall–Kier alpha value is -4.70. The van der Waals surface area contributed by atoms with Gasteiger partial charge in [-0.2, -0.15) is 0 Å². The van der Waals surface area contributed by atoms with Crippen LogP contribution in [0.15, 0.2) is 112 Å². The van der Waals surface area contributed by atoms with E-state index in [0.717, 1.165) is 4.47 Å². The second kappa shape index (κ2) is 14.2. The van der Waals surface area contributed by atoms with Crippen molar-refractivity contribution in [3.8, 4) is 5.75 Å². The number of carbonyl (C=O) groups is 1. The van der Waals surface area contributed by atoms with Gasteiger partial charge in [0.05, 0.1) is 6.61 Å². The summed E-state index contributed by atoms with van der Waals surface area (Å²) in [5.41, 5.74) is 10.6. The van der Waals surface area contributed by atoms with Gasteiger partial charge in [0.25, 0.3) is 5.91 Å². The number of aliphatic hydroxyl groups is 1. The molecule has 1 aliphatic rings. The van der Waals surface area contributed by atoms with Gasteiger partial charge in [-0.05, 0) is 70.8 Å². The van der Waals surface area contributed by atoms with E-state index in [0.29, 0.717) is 46.7 Å². The summed E-state index contributed by atoms with van der Waals surface area (Å²) in [4.78, 5) is 22.3. The number of hydrogen-bond acceptors (Lipinski definition) is 6. The summed E-state index contributed by atoms with van der Waals surface area (Å²) in [7, 11) is 0. The summed E-state index contributed by atoms with van der Waals surface area (Å²) in [6.07, 6.45) is -0.307. The first-order valence-electron chi connectivity index (χ1n) is 13.9. The molecule has 2 N–H and O–H groups in total. The van der Waals surface area contributed by atoms with Crippen molar-refractivity contribution in [2.45, 2.75) is 31.0 Å². The fourth-order valence-corrected chi connectivity index (χ4v) is 5.26. The second-order valence-electron chi connectivity index (χ2n) is 10.1. The highest BCUT2D eigenvalue weighted by atomic mass is 79.9. The molecule has 0 saturated carbocycles. The lowest BCUT2D eigenvalue weighted by molar-refractivity contribution is -0.129. The van der Waals surface area contributed by atoms with Crippen molar-refractivity contribution in [2.75, 3.05) is 13.2 Å². The van der Waals surface area contributed by atoms with Crippen LogP contribution < -0.4 is 10.1 Å². The van der Waals surface area contributed by atoms with Gasteiger partial charge in [0.2, 0.25) is 5.90 Å². The predicted molar refractivity (Wildman–Crippen MR) is 168 cm³/mol. The molecule has 0 aliphatic carbocycles. The fraction of sp³-hybridized carbons (Fsp3) is 0.212. The van der Waals surface area contributed by atoms with E-state index in [1.807, 2.05) is 24.3 Å². The Morgan fingerprint density at radius 1 is 1.09 bits per heavy atom. The van der Waals surface area contributed by atoms with Crippen molar-refractivity contribution in [1.82, 2.24) is 5.32 Å². The van der Waals surface area contributed by atoms with Crippen LogP contribution in [-0.4, -0.2) is 35.7 Å². The number of ether oxygens (including phenoxy) is 2. The van der Waals surface area contributed by atoms with Gasteiger partial charge in [0, 0.05) is 46.6 Å². The Morgan fingerprint density at radius 2 is 1.86 bits per heavy atom. The number of rotatable bonds is 12. The summed E-state index contributed by atoms with van der Waals surface area (Å²) in [6.45, 7) is 0.471. The van der Waals surface area contributed by atoms with Crippen molar-refractivity contribution in [2.24, 2.45) is 10.1 Å². The standard InChI is InChI=1S/C33H29BrFN5O4/c34-26-13-9-23(10-14-26)30-33(20-25-6-1-2-8-29(25)39-40-36,32(42)37-21-22-5-3-7-27(35)19-22)38-31(44-30)24-11-15-28(16-12-24)43-18-4-17-41/h1-3,5-16,19,30,41H,4,17-18,20-21H2,(H,37,42)/t30-,33-/m1/s1. The molecule has 0 saturated heterocycles. The lowest BCUT2D eigenvalue weighted by Crippen LogP contribution is -2.49. The number of nitrogens with zero attached hydrogens (tertiary/aromatic N) is 4. The molecule has 1 heterocycles. The van der Waals surface area contributed by atoms with Crippen LogP contribution in [0.3, 0.4) is 0 Å². The first-order valence-corrected chi connectivity index (χ1v) is 14.7. The third kappa shape index (κ3) is 7.08. The molecule has 9 nitrogen and oxygen atoms in total. The van der Waals surface area contributed by atoms with E-state index in [1.165, 1.54) is 12.1 Å². The van der Waals surface area contributed by atoms with Crippen LogP contribution in [0.2, 0.25) is 0 Å². The minimum atomic E-state index is -1.53. The van der Waals surface area contributed by atoms with Crippen LogP contribution in [-0.2, 0) is 22.5 Å². The van der Waals surface area contributed by atoms with Crippen LogP contribution in [0.5, 0.6) is 5.75 Å². The molecular weight excluding hydrogens is 629 g/mol. The van der Waals surface area contributed by atoms with Crippen LogP contribution in [0.4, 0.5) is 10.1 Å². The minimum Gasteiger partial charge on any atom is -0.494 e. The maximum absolute atomic E-state index is 14.4. The number of benzene rings is 4. The van der Waals surface area contributed by atoms with Gasteiger partial charge in [0.1, 0.15) is 11.6 Å². The number of carbonyl (C=O) groups excluding carboxylic acids is 1. The van der Waals surface area contributed by atoms with E-state index in [9.17, 15) is 14.7 Å². The third-order valence-electron chi connectivity index (χ3n) is 7.15. The lowest BCUT2D eigenvalue weighted by atomic mass is 9.81. The van der Waals surface area contributed by atoms with Crippen molar-refractivity contribution in [1.29, 1.82) is 0 Å². The van der Waals surface area contributed by atoms with E-state index in [-0.39, 0.29) is 25.5 Å². The van der Waals surface area contributed by atoms with E-state index < -0.39 is 23.4 Å². The Kier molecular flexibility index (Phi) is 9.91. The first kappa shape index (κ1) is 30.7. The zero-order chi connectivity index (χ0) is 30.9. The molecule has 0 unspecified atom stereocenters. The largest absolute Gasteiger partial charge is 0.494 e. The van der Waals surface area contributed by atoms with Crippen molar-refractivity contribution in [3.05, 3.63) is 140 Å². The minimum absolute atomic E-state index is 0.0341. The quantitative estimate of drug-likeness (QED) is 0.0728. The van der Waals surface area contributed by atoms with Crippen molar-refractivity contribution >= 4 is 33.4 Å². The lowest BCUT2D eigenvalue weighted by Gasteiger charge is -2.31. The number of aliphatic hydroxyl groups excluding tert-OH is 1. The third-order valence-corrected chi connectivity index (χ3v) is 7.68. The molecule has 0 bridgehead atoms. The highest BCUT2D eigenvalue weighted by molar-refractivity contribution is 9.10. The SMILES string of the molecule is [N-]=[N+]=Nc1ccccc1C[C@@]1(C(=O)NCc2cccc(F)c2)N=C(c2ccc(OCCCO)cc2)O[C@@H]1c1ccc(Br)cc1. The molecule has 1 aliphatic heterocycles. The Morgan fingerprint density at radius 3 is 2.59 bits per heavy atom. The number of aliphatic imine (C=N–C) groups is 1. The normalized spacial score (nSPS) is 17.2. The molecule has 0 aromatic heterocycles. The smallest absolute Gasteiger partial charge is 0.252 e. The van der Waals surface area contributed by atoms with E-state index >= 15 is 0 Å². The zero-order valence-corrected chi connectivity index (χ0v) is 25.2. The summed E-state index contributed by atoms with van der Waals surface area (Å²) in [5.74, 6) is 0.0230. The summed E-state index contributed by atoms with van der Waals surface area (Å²) >= 11 is 3.47. The number of azide groups is 1. The monoisotopic (exact) mass is 657 g/mol. The molecule has 1 amide bonds. The van der Waals surface area contributed by atoms with Gasteiger partial charge < -0.3 is 19.9 Å². The molecule has 4 aromatic carbocycles. The Balaban J connectivity index is 1.59. The van der Waals surface area contributed by atoms with Gasteiger partial charge in [-0.1, -0.05) is 69.6 Å². The fourth-order valence-electron chi connectivity index (χ4n) is 5.00. The van der Waals surface area contributed by atoms with Crippen molar-refractivity contribution < 1.29 is 23.8 Å². The second-order valence-corrected chi connectivity index (χ2v) is 11.1. The van der Waals surface area contributed by atoms with Gasteiger partial charge in [-0.25, -0.2) is 9.38 Å². The zero-order valence-electron chi connectivity index (χ0n) is 23.6. The molecule has 44 heavy (non-hydrogen) atoms. The average Bonchev–Trinajstić information content (AvgIpc) is 3.42. The van der Waals surface area contributed by atoms with Crippen LogP contribution in [0.1, 0.15) is 34.8 Å². The summed E-state index contributed by atoms with van der Waals surface area (Å²) < 4.78 is 27.0. The van der Waals surface area contributed by atoms with Crippen LogP contribution in [0, 0.1) is 5.82 Å². The highest BCUT2D eigenvalue weighted by Gasteiger charge is 2.53. The van der Waals surface area contributed by atoms with E-state index in [2.05, 4.69) is 31.3 Å². The molecule has 0 fully saturated rings. The van der Waals surface area contributed by atoms with Crippen LogP contribution >= 0.6 is 15.9 Å². The van der Waals surface area contributed by atoms with Gasteiger partial charge in [0.15, 0.2) is 11.6 Å². The molecular formula is C33H29BrFN5O4. The molecule has 2 atom stereocenters. The van der Waals surface area contributed by atoms with Crippen molar-refractivity contribution in [3.63, 3.8) is 0 Å². The molecule has 11 heteroatoms. The van der Waals surface area contributed by atoms with Gasteiger partial charge in [-0.3, -0.25) is 4.79 Å². The number of nitrogens with one attached hydrogen (secondary N) is 1. The maximum Gasteiger partial charge on any atom is 0.252 e. The molecule has 4 aromatic rings. The Labute approximate surface area is 262 Å².